The van der Waals surface area contributed by atoms with Crippen molar-refractivity contribution in [2.45, 2.75) is 19.4 Å². The molecule has 2 aromatic rings. The lowest BCUT2D eigenvalue weighted by atomic mass is 10.0. The highest BCUT2D eigenvalue weighted by molar-refractivity contribution is 6.36. The molecule has 3 N–H and O–H groups in total. The van der Waals surface area contributed by atoms with Gasteiger partial charge >= 0.3 is 0 Å². The largest absolute Gasteiger partial charge is 0.271 e. The fraction of sp³-hybridized carbons (Fsp3) is 0.214. The number of hydrogen-bond acceptors (Lipinski definition) is 3. The van der Waals surface area contributed by atoms with Gasteiger partial charge in [0.25, 0.3) is 0 Å². The van der Waals surface area contributed by atoms with Crippen LogP contribution >= 0.6 is 23.2 Å². The molecule has 100 valence electrons. The third-order valence-electron chi connectivity index (χ3n) is 2.94. The standard InChI is InChI=1S/C14H15Cl2N3/c1-9-4-2-7-13(18-9)14(19-17)8-10-11(15)5-3-6-12(10)16/h2-7,14,19H,8,17H2,1H3. The molecule has 0 aliphatic heterocycles. The van der Waals surface area contributed by atoms with Gasteiger partial charge in [-0.15, -0.1) is 0 Å². The van der Waals surface area contributed by atoms with E-state index in [0.29, 0.717) is 16.5 Å². The lowest BCUT2D eigenvalue weighted by Crippen LogP contribution is -2.30. The number of aromatic nitrogens is 1. The zero-order valence-corrected chi connectivity index (χ0v) is 12.0. The summed E-state index contributed by atoms with van der Waals surface area (Å²) in [7, 11) is 0. The van der Waals surface area contributed by atoms with Gasteiger partial charge in [0.2, 0.25) is 0 Å². The first-order chi connectivity index (χ1) is 9.11. The molecule has 0 spiro atoms. The number of hydrazine groups is 1. The quantitative estimate of drug-likeness (QED) is 0.671. The maximum atomic E-state index is 6.18. The Kier molecular flexibility index (Phi) is 4.77. The zero-order valence-electron chi connectivity index (χ0n) is 10.5. The molecule has 5 heteroatoms. The van der Waals surface area contributed by atoms with Crippen LogP contribution in [0.1, 0.15) is 23.0 Å². The number of halogens is 2. The van der Waals surface area contributed by atoms with E-state index in [-0.39, 0.29) is 6.04 Å². The summed E-state index contributed by atoms with van der Waals surface area (Å²) in [4.78, 5) is 4.47. The number of rotatable bonds is 4. The zero-order chi connectivity index (χ0) is 13.8. The molecule has 19 heavy (non-hydrogen) atoms. The van der Waals surface area contributed by atoms with Gasteiger partial charge in [0.05, 0.1) is 11.7 Å². The smallest absolute Gasteiger partial charge is 0.0673 e. The van der Waals surface area contributed by atoms with Crippen molar-refractivity contribution in [1.82, 2.24) is 10.4 Å². The molecule has 1 unspecified atom stereocenters. The molecule has 0 aliphatic rings. The van der Waals surface area contributed by atoms with Gasteiger partial charge in [0, 0.05) is 15.7 Å². The van der Waals surface area contributed by atoms with Crippen molar-refractivity contribution >= 4 is 23.2 Å². The van der Waals surface area contributed by atoms with Crippen LogP contribution in [0.4, 0.5) is 0 Å². The fourth-order valence-electron chi connectivity index (χ4n) is 1.94. The van der Waals surface area contributed by atoms with Crippen LogP contribution in [0.25, 0.3) is 0 Å². The third-order valence-corrected chi connectivity index (χ3v) is 3.65. The average molecular weight is 296 g/mol. The van der Waals surface area contributed by atoms with Crippen molar-refractivity contribution in [1.29, 1.82) is 0 Å². The summed E-state index contributed by atoms with van der Waals surface area (Å²) in [6, 6.07) is 11.2. The van der Waals surface area contributed by atoms with Crippen LogP contribution in [0.5, 0.6) is 0 Å². The van der Waals surface area contributed by atoms with Gasteiger partial charge in [-0.3, -0.25) is 16.3 Å². The van der Waals surface area contributed by atoms with E-state index in [1.807, 2.05) is 43.3 Å². The van der Waals surface area contributed by atoms with E-state index in [4.69, 9.17) is 29.0 Å². The minimum Gasteiger partial charge on any atom is -0.271 e. The van der Waals surface area contributed by atoms with Crippen molar-refractivity contribution in [3.05, 3.63) is 63.4 Å². The Morgan fingerprint density at radius 2 is 1.79 bits per heavy atom. The Balaban J connectivity index is 2.29. The Bertz CT molecular complexity index is 552. The van der Waals surface area contributed by atoms with Gasteiger partial charge in [-0.1, -0.05) is 35.3 Å². The Hall–Kier alpha value is -1.13. The fourth-order valence-corrected chi connectivity index (χ4v) is 2.49. The summed E-state index contributed by atoms with van der Waals surface area (Å²) >= 11 is 12.4. The summed E-state index contributed by atoms with van der Waals surface area (Å²) < 4.78 is 0. The number of pyridine rings is 1. The first-order valence-corrected chi connectivity index (χ1v) is 6.70. The highest BCUT2D eigenvalue weighted by atomic mass is 35.5. The highest BCUT2D eigenvalue weighted by Crippen LogP contribution is 2.28. The van der Waals surface area contributed by atoms with Crippen molar-refractivity contribution in [2.24, 2.45) is 5.84 Å². The summed E-state index contributed by atoms with van der Waals surface area (Å²) in [5, 5.41) is 1.28. The molecule has 0 bridgehead atoms. The second-order valence-electron chi connectivity index (χ2n) is 4.33. The van der Waals surface area contributed by atoms with Gasteiger partial charge in [-0.25, -0.2) is 0 Å². The SMILES string of the molecule is Cc1cccc(C(Cc2c(Cl)cccc2Cl)NN)n1. The Morgan fingerprint density at radius 1 is 1.16 bits per heavy atom. The first kappa shape index (κ1) is 14.3. The van der Waals surface area contributed by atoms with Crippen LogP contribution in [-0.4, -0.2) is 4.98 Å². The van der Waals surface area contributed by atoms with E-state index in [1.54, 1.807) is 0 Å². The molecule has 0 saturated heterocycles. The minimum absolute atomic E-state index is 0.128. The van der Waals surface area contributed by atoms with E-state index in [9.17, 15) is 0 Å². The van der Waals surface area contributed by atoms with E-state index < -0.39 is 0 Å². The van der Waals surface area contributed by atoms with Crippen LogP contribution in [-0.2, 0) is 6.42 Å². The molecular weight excluding hydrogens is 281 g/mol. The molecular formula is C14H15Cl2N3. The molecule has 2 rings (SSSR count). The van der Waals surface area contributed by atoms with Crippen molar-refractivity contribution in [2.75, 3.05) is 0 Å². The number of hydrogen-bond donors (Lipinski definition) is 2. The van der Waals surface area contributed by atoms with E-state index in [1.165, 1.54) is 0 Å². The third kappa shape index (κ3) is 3.45. The number of nitrogens with one attached hydrogen (secondary N) is 1. The predicted octanol–water partition coefficient (Wildman–Crippen LogP) is 3.44. The number of aryl methyl sites for hydroxylation is 1. The van der Waals surface area contributed by atoms with E-state index in [2.05, 4.69) is 10.4 Å². The molecule has 0 amide bonds. The van der Waals surface area contributed by atoms with E-state index >= 15 is 0 Å². The molecule has 0 radical (unpaired) electrons. The lowest BCUT2D eigenvalue weighted by molar-refractivity contribution is 0.537. The van der Waals surface area contributed by atoms with Gasteiger partial charge in [0.1, 0.15) is 0 Å². The Labute approximate surface area is 122 Å². The minimum atomic E-state index is -0.128. The van der Waals surface area contributed by atoms with Gasteiger partial charge in [0.15, 0.2) is 0 Å². The van der Waals surface area contributed by atoms with Gasteiger partial charge < -0.3 is 0 Å². The van der Waals surface area contributed by atoms with Gasteiger partial charge in [-0.05, 0) is 43.2 Å². The monoisotopic (exact) mass is 295 g/mol. The van der Waals surface area contributed by atoms with Crippen LogP contribution in [0.15, 0.2) is 36.4 Å². The topological polar surface area (TPSA) is 50.9 Å². The molecule has 0 fully saturated rings. The molecule has 0 saturated carbocycles. The van der Waals surface area contributed by atoms with Gasteiger partial charge in [-0.2, -0.15) is 0 Å². The van der Waals surface area contributed by atoms with Crippen molar-refractivity contribution in [3.8, 4) is 0 Å². The predicted molar refractivity (Wildman–Crippen MR) is 79.2 cm³/mol. The molecule has 1 aromatic heterocycles. The maximum absolute atomic E-state index is 6.18. The summed E-state index contributed by atoms with van der Waals surface area (Å²) in [5.41, 5.74) is 5.46. The van der Waals surface area contributed by atoms with Crippen molar-refractivity contribution in [3.63, 3.8) is 0 Å². The van der Waals surface area contributed by atoms with Crippen LogP contribution in [0.3, 0.4) is 0 Å². The number of nitrogens with two attached hydrogens (primary N) is 1. The second kappa shape index (κ2) is 6.35. The average Bonchev–Trinajstić information content (AvgIpc) is 2.38. The molecule has 1 aromatic carbocycles. The molecule has 0 aliphatic carbocycles. The number of nitrogens with zero attached hydrogens (tertiary/aromatic N) is 1. The summed E-state index contributed by atoms with van der Waals surface area (Å²) in [6.07, 6.45) is 0.589. The van der Waals surface area contributed by atoms with Crippen LogP contribution < -0.4 is 11.3 Å². The Morgan fingerprint density at radius 3 is 2.37 bits per heavy atom. The summed E-state index contributed by atoms with van der Waals surface area (Å²) in [5.74, 6) is 5.63. The van der Waals surface area contributed by atoms with E-state index in [0.717, 1.165) is 17.0 Å². The highest BCUT2D eigenvalue weighted by Gasteiger charge is 2.16. The molecule has 3 nitrogen and oxygen atoms in total. The molecule has 1 atom stereocenters. The van der Waals surface area contributed by atoms with Crippen LogP contribution in [0, 0.1) is 6.92 Å². The normalized spacial score (nSPS) is 12.4. The van der Waals surface area contributed by atoms with Crippen LogP contribution in [0.2, 0.25) is 10.0 Å². The first-order valence-electron chi connectivity index (χ1n) is 5.94. The lowest BCUT2D eigenvalue weighted by Gasteiger charge is -2.17. The van der Waals surface area contributed by atoms with Crippen molar-refractivity contribution < 1.29 is 0 Å². The number of benzene rings is 1. The maximum Gasteiger partial charge on any atom is 0.0673 e. The second-order valence-corrected chi connectivity index (χ2v) is 5.14. The summed E-state index contributed by atoms with van der Waals surface area (Å²) in [6.45, 7) is 1.94. The molecule has 1 heterocycles.